The molecule has 1 aromatic rings. The SMILES string of the molecule is COc1ccsc1C(=O)NCCCN. The van der Waals surface area contributed by atoms with Crippen molar-refractivity contribution in [3.05, 3.63) is 16.3 Å². The maximum Gasteiger partial charge on any atom is 0.265 e. The van der Waals surface area contributed by atoms with Crippen molar-refractivity contribution in [1.29, 1.82) is 0 Å². The number of hydrogen-bond acceptors (Lipinski definition) is 4. The lowest BCUT2D eigenvalue weighted by Crippen LogP contribution is -2.25. The third-order valence-electron chi connectivity index (χ3n) is 1.72. The van der Waals surface area contributed by atoms with Crippen LogP contribution in [0.3, 0.4) is 0 Å². The van der Waals surface area contributed by atoms with Gasteiger partial charge >= 0.3 is 0 Å². The van der Waals surface area contributed by atoms with E-state index in [9.17, 15) is 4.79 Å². The molecule has 1 heterocycles. The van der Waals surface area contributed by atoms with Crippen LogP contribution in [-0.4, -0.2) is 26.1 Å². The Kier molecular flexibility index (Phi) is 4.42. The van der Waals surface area contributed by atoms with Gasteiger partial charge in [-0.1, -0.05) is 0 Å². The zero-order valence-corrected chi connectivity index (χ0v) is 8.89. The molecule has 78 valence electrons. The zero-order chi connectivity index (χ0) is 10.4. The Labute approximate surface area is 87.1 Å². The van der Waals surface area contributed by atoms with Gasteiger partial charge in [0.15, 0.2) is 0 Å². The molecule has 0 unspecified atom stereocenters. The molecule has 0 saturated carbocycles. The lowest BCUT2D eigenvalue weighted by molar-refractivity contribution is 0.0955. The number of rotatable bonds is 5. The van der Waals surface area contributed by atoms with Gasteiger partial charge in [0.1, 0.15) is 10.6 Å². The van der Waals surface area contributed by atoms with Crippen LogP contribution in [-0.2, 0) is 0 Å². The van der Waals surface area contributed by atoms with E-state index in [1.54, 1.807) is 13.2 Å². The van der Waals surface area contributed by atoms with Gasteiger partial charge in [0.05, 0.1) is 7.11 Å². The van der Waals surface area contributed by atoms with Gasteiger partial charge in [-0.3, -0.25) is 4.79 Å². The minimum absolute atomic E-state index is 0.0923. The molecule has 3 N–H and O–H groups in total. The van der Waals surface area contributed by atoms with Gasteiger partial charge in [-0.15, -0.1) is 11.3 Å². The predicted molar refractivity (Wildman–Crippen MR) is 56.9 cm³/mol. The summed E-state index contributed by atoms with van der Waals surface area (Å²) in [6.07, 6.45) is 0.791. The van der Waals surface area contributed by atoms with E-state index in [4.69, 9.17) is 10.5 Å². The molecule has 0 fully saturated rings. The summed E-state index contributed by atoms with van der Waals surface area (Å²) in [7, 11) is 1.55. The van der Waals surface area contributed by atoms with Gasteiger partial charge in [-0.05, 0) is 24.4 Å². The average molecular weight is 214 g/mol. The second-order valence-electron chi connectivity index (χ2n) is 2.72. The van der Waals surface area contributed by atoms with Gasteiger partial charge in [-0.25, -0.2) is 0 Å². The normalized spacial score (nSPS) is 9.86. The minimum atomic E-state index is -0.0923. The molecule has 0 aliphatic carbocycles. The molecule has 0 aliphatic heterocycles. The van der Waals surface area contributed by atoms with Crippen molar-refractivity contribution >= 4 is 17.2 Å². The van der Waals surface area contributed by atoms with Crippen molar-refractivity contribution in [3.63, 3.8) is 0 Å². The van der Waals surface area contributed by atoms with E-state index in [1.807, 2.05) is 5.38 Å². The van der Waals surface area contributed by atoms with E-state index in [0.29, 0.717) is 23.7 Å². The van der Waals surface area contributed by atoms with Crippen LogP contribution in [0.5, 0.6) is 5.75 Å². The first-order valence-corrected chi connectivity index (χ1v) is 5.27. The number of amides is 1. The maximum atomic E-state index is 11.5. The molecule has 14 heavy (non-hydrogen) atoms. The van der Waals surface area contributed by atoms with Crippen molar-refractivity contribution in [2.45, 2.75) is 6.42 Å². The molecule has 0 atom stereocenters. The molecule has 0 aliphatic rings. The van der Waals surface area contributed by atoms with Crippen LogP contribution in [0, 0.1) is 0 Å². The second kappa shape index (κ2) is 5.62. The summed E-state index contributed by atoms with van der Waals surface area (Å²) in [4.78, 5) is 12.2. The number of nitrogens with one attached hydrogen (secondary N) is 1. The standard InChI is InChI=1S/C9H14N2O2S/c1-13-7-3-6-14-8(7)9(12)11-5-2-4-10/h3,6H,2,4-5,10H2,1H3,(H,11,12). The fraction of sp³-hybridized carbons (Fsp3) is 0.444. The summed E-state index contributed by atoms with van der Waals surface area (Å²) in [5, 5.41) is 4.60. The lowest BCUT2D eigenvalue weighted by atomic mass is 10.3. The molecule has 1 amide bonds. The molecule has 0 spiro atoms. The average Bonchev–Trinajstić information content (AvgIpc) is 2.65. The second-order valence-corrected chi connectivity index (χ2v) is 3.63. The Hall–Kier alpha value is -1.07. The largest absolute Gasteiger partial charge is 0.495 e. The number of hydrogen-bond donors (Lipinski definition) is 2. The number of carbonyl (C=O) groups is 1. The molecule has 5 heteroatoms. The summed E-state index contributed by atoms with van der Waals surface area (Å²) < 4.78 is 5.04. The smallest absolute Gasteiger partial charge is 0.265 e. The van der Waals surface area contributed by atoms with Crippen LogP contribution in [0.2, 0.25) is 0 Å². The Balaban J connectivity index is 2.51. The van der Waals surface area contributed by atoms with E-state index >= 15 is 0 Å². The topological polar surface area (TPSA) is 64.3 Å². The Bertz CT molecular complexity index is 299. The number of methoxy groups -OCH3 is 1. The van der Waals surface area contributed by atoms with Crippen LogP contribution < -0.4 is 15.8 Å². The number of ether oxygens (including phenoxy) is 1. The highest BCUT2D eigenvalue weighted by molar-refractivity contribution is 7.12. The van der Waals surface area contributed by atoms with Crippen molar-refractivity contribution in [2.24, 2.45) is 5.73 Å². The van der Waals surface area contributed by atoms with Gasteiger partial charge in [-0.2, -0.15) is 0 Å². The summed E-state index contributed by atoms with van der Waals surface area (Å²) in [5.41, 5.74) is 5.32. The van der Waals surface area contributed by atoms with Crippen LogP contribution >= 0.6 is 11.3 Å². The first-order chi connectivity index (χ1) is 6.79. The molecule has 0 saturated heterocycles. The van der Waals surface area contributed by atoms with E-state index in [2.05, 4.69) is 5.32 Å². The first-order valence-electron chi connectivity index (χ1n) is 4.39. The highest BCUT2D eigenvalue weighted by Crippen LogP contribution is 2.23. The van der Waals surface area contributed by atoms with Crippen LogP contribution in [0.15, 0.2) is 11.4 Å². The van der Waals surface area contributed by atoms with Crippen molar-refractivity contribution in [2.75, 3.05) is 20.2 Å². The van der Waals surface area contributed by atoms with E-state index in [1.165, 1.54) is 11.3 Å². The van der Waals surface area contributed by atoms with Crippen molar-refractivity contribution < 1.29 is 9.53 Å². The molecule has 0 bridgehead atoms. The molecular weight excluding hydrogens is 200 g/mol. The highest BCUT2D eigenvalue weighted by atomic mass is 32.1. The third-order valence-corrected chi connectivity index (χ3v) is 2.62. The predicted octanol–water partition coefficient (Wildman–Crippen LogP) is 0.835. The van der Waals surface area contributed by atoms with Crippen molar-refractivity contribution in [1.82, 2.24) is 5.32 Å². The Morgan fingerprint density at radius 2 is 2.50 bits per heavy atom. The van der Waals surface area contributed by atoms with Gasteiger partial charge in [0.2, 0.25) is 0 Å². The molecule has 0 radical (unpaired) electrons. The Morgan fingerprint density at radius 1 is 1.71 bits per heavy atom. The monoisotopic (exact) mass is 214 g/mol. The fourth-order valence-electron chi connectivity index (χ4n) is 1.01. The first kappa shape index (κ1) is 11.0. The molecule has 1 rings (SSSR count). The van der Waals surface area contributed by atoms with Crippen LogP contribution in [0.1, 0.15) is 16.1 Å². The summed E-state index contributed by atoms with van der Waals surface area (Å²) in [5.74, 6) is 0.533. The van der Waals surface area contributed by atoms with Crippen molar-refractivity contribution in [3.8, 4) is 5.75 Å². The molecule has 0 aromatic carbocycles. The summed E-state index contributed by atoms with van der Waals surface area (Å²) >= 11 is 1.37. The Morgan fingerprint density at radius 3 is 3.14 bits per heavy atom. The zero-order valence-electron chi connectivity index (χ0n) is 8.08. The van der Waals surface area contributed by atoms with Crippen LogP contribution in [0.25, 0.3) is 0 Å². The van der Waals surface area contributed by atoms with E-state index in [-0.39, 0.29) is 5.91 Å². The number of carbonyl (C=O) groups excluding carboxylic acids is 1. The van der Waals surface area contributed by atoms with E-state index < -0.39 is 0 Å². The minimum Gasteiger partial charge on any atom is -0.495 e. The third kappa shape index (κ3) is 2.71. The number of nitrogens with two attached hydrogens (primary N) is 1. The maximum absolute atomic E-state index is 11.5. The lowest BCUT2D eigenvalue weighted by Gasteiger charge is -2.03. The molecular formula is C9H14N2O2S. The molecule has 4 nitrogen and oxygen atoms in total. The van der Waals surface area contributed by atoms with Gasteiger partial charge < -0.3 is 15.8 Å². The van der Waals surface area contributed by atoms with Gasteiger partial charge in [0.25, 0.3) is 5.91 Å². The fourth-order valence-corrected chi connectivity index (χ4v) is 1.78. The quantitative estimate of drug-likeness (QED) is 0.714. The van der Waals surface area contributed by atoms with E-state index in [0.717, 1.165) is 6.42 Å². The highest BCUT2D eigenvalue weighted by Gasteiger charge is 2.12. The summed E-state index contributed by atoms with van der Waals surface area (Å²) in [6.45, 7) is 1.19. The summed E-state index contributed by atoms with van der Waals surface area (Å²) in [6, 6.07) is 1.78. The molecule has 1 aromatic heterocycles. The number of thiophene rings is 1. The van der Waals surface area contributed by atoms with Gasteiger partial charge in [0, 0.05) is 6.54 Å². The van der Waals surface area contributed by atoms with Crippen LogP contribution in [0.4, 0.5) is 0 Å².